The summed E-state index contributed by atoms with van der Waals surface area (Å²) in [7, 11) is 0. The Morgan fingerprint density at radius 1 is 1.67 bits per heavy atom. The molecule has 0 bridgehead atoms. The van der Waals surface area contributed by atoms with E-state index in [4.69, 9.17) is 11.0 Å². The van der Waals surface area contributed by atoms with Crippen LogP contribution in [0.4, 0.5) is 0 Å². The van der Waals surface area contributed by atoms with Gasteiger partial charge in [0.25, 0.3) is 5.91 Å². The van der Waals surface area contributed by atoms with Gasteiger partial charge in [-0.15, -0.1) is 5.10 Å². The average molecular weight is 248 g/mol. The maximum Gasteiger partial charge on any atom is 0.273 e. The Morgan fingerprint density at radius 3 is 3.22 bits per heavy atom. The summed E-state index contributed by atoms with van der Waals surface area (Å²) < 4.78 is 1.53. The molecule has 3 N–H and O–H groups in total. The Balaban J connectivity index is 1.96. The van der Waals surface area contributed by atoms with Gasteiger partial charge in [-0.3, -0.25) is 9.48 Å². The fourth-order valence-corrected chi connectivity index (χ4v) is 2.17. The second kappa shape index (κ2) is 5.60. The summed E-state index contributed by atoms with van der Waals surface area (Å²) in [5.41, 5.74) is 5.66. The van der Waals surface area contributed by atoms with Crippen molar-refractivity contribution in [2.75, 3.05) is 6.54 Å². The zero-order chi connectivity index (χ0) is 13.0. The smallest absolute Gasteiger partial charge is 0.273 e. The summed E-state index contributed by atoms with van der Waals surface area (Å²) in [6.07, 6.45) is 4.24. The number of hydrogen-bond acceptors (Lipinski definition) is 5. The molecule has 2 unspecified atom stereocenters. The second-order valence-electron chi connectivity index (χ2n) is 4.40. The van der Waals surface area contributed by atoms with Crippen molar-refractivity contribution in [3.63, 3.8) is 0 Å². The molecule has 0 aromatic carbocycles. The summed E-state index contributed by atoms with van der Waals surface area (Å²) in [5, 5.41) is 19.4. The summed E-state index contributed by atoms with van der Waals surface area (Å²) in [5.74, 6) is -0.363. The first kappa shape index (κ1) is 12.5. The van der Waals surface area contributed by atoms with Crippen LogP contribution >= 0.6 is 0 Å². The first-order valence-corrected chi connectivity index (χ1v) is 6.05. The van der Waals surface area contributed by atoms with Gasteiger partial charge in [-0.2, -0.15) is 5.26 Å². The van der Waals surface area contributed by atoms with E-state index < -0.39 is 0 Å². The van der Waals surface area contributed by atoms with Crippen LogP contribution in [0.15, 0.2) is 6.20 Å². The van der Waals surface area contributed by atoms with E-state index in [1.165, 1.54) is 4.68 Å². The highest BCUT2D eigenvalue weighted by atomic mass is 16.2. The number of nitrogens with one attached hydrogen (secondary N) is 1. The predicted octanol–water partition coefficient (Wildman–Crippen LogP) is -0.341. The molecule has 0 spiro atoms. The van der Waals surface area contributed by atoms with Gasteiger partial charge in [-0.25, -0.2) is 0 Å². The van der Waals surface area contributed by atoms with Crippen LogP contribution in [0.2, 0.25) is 0 Å². The molecule has 18 heavy (non-hydrogen) atoms. The largest absolute Gasteiger partial charge is 0.347 e. The molecular weight excluding hydrogens is 232 g/mol. The third-order valence-electron chi connectivity index (χ3n) is 3.13. The Morgan fingerprint density at radius 2 is 2.50 bits per heavy atom. The summed E-state index contributed by atoms with van der Waals surface area (Å²) in [4.78, 5) is 11.9. The van der Waals surface area contributed by atoms with E-state index in [1.54, 1.807) is 6.20 Å². The minimum Gasteiger partial charge on any atom is -0.347 e. The molecule has 1 aromatic rings. The number of aromatic nitrogens is 3. The second-order valence-corrected chi connectivity index (χ2v) is 4.40. The monoisotopic (exact) mass is 248 g/mol. The lowest BCUT2D eigenvalue weighted by molar-refractivity contribution is 0.0927. The predicted molar refractivity (Wildman–Crippen MR) is 63.3 cm³/mol. The first-order chi connectivity index (χ1) is 8.74. The molecular formula is C11H16N6O. The number of hydrogen-bond donors (Lipinski definition) is 2. The SMILES string of the molecule is N#CC1CCCC1NC(=O)c1cn(CCN)nn1. The van der Waals surface area contributed by atoms with Gasteiger partial charge >= 0.3 is 0 Å². The Bertz CT molecular complexity index is 462. The zero-order valence-corrected chi connectivity index (χ0v) is 10.0. The topological polar surface area (TPSA) is 110 Å². The molecule has 1 heterocycles. The number of amides is 1. The highest BCUT2D eigenvalue weighted by molar-refractivity contribution is 5.92. The highest BCUT2D eigenvalue weighted by Crippen LogP contribution is 2.24. The van der Waals surface area contributed by atoms with Crippen LogP contribution < -0.4 is 11.1 Å². The van der Waals surface area contributed by atoms with Crippen molar-refractivity contribution in [1.82, 2.24) is 20.3 Å². The number of nitrogens with two attached hydrogens (primary N) is 1. The van der Waals surface area contributed by atoms with Crippen molar-refractivity contribution in [1.29, 1.82) is 5.26 Å². The standard InChI is InChI=1S/C11H16N6O/c12-4-5-17-7-10(15-16-17)11(18)14-9-3-1-2-8(9)6-13/h7-9H,1-5,12H2,(H,14,18). The minimum atomic E-state index is -0.273. The van der Waals surface area contributed by atoms with Crippen molar-refractivity contribution >= 4 is 5.91 Å². The lowest BCUT2D eigenvalue weighted by atomic mass is 10.1. The maximum atomic E-state index is 11.9. The van der Waals surface area contributed by atoms with Crippen LogP contribution in [0.1, 0.15) is 29.8 Å². The molecule has 1 saturated carbocycles. The van der Waals surface area contributed by atoms with E-state index in [2.05, 4.69) is 21.7 Å². The summed E-state index contributed by atoms with van der Waals surface area (Å²) in [6, 6.07) is 2.16. The fourth-order valence-electron chi connectivity index (χ4n) is 2.17. The van der Waals surface area contributed by atoms with Gasteiger partial charge in [0.1, 0.15) is 0 Å². The van der Waals surface area contributed by atoms with Gasteiger partial charge in [0.15, 0.2) is 5.69 Å². The van der Waals surface area contributed by atoms with Crippen LogP contribution in [0.5, 0.6) is 0 Å². The molecule has 1 amide bonds. The first-order valence-electron chi connectivity index (χ1n) is 6.05. The Labute approximate surface area is 105 Å². The molecule has 0 radical (unpaired) electrons. The van der Waals surface area contributed by atoms with E-state index in [-0.39, 0.29) is 23.6 Å². The minimum absolute atomic E-state index is 0.0674. The van der Waals surface area contributed by atoms with E-state index in [1.807, 2.05) is 0 Å². The number of nitriles is 1. The Kier molecular flexibility index (Phi) is 3.89. The van der Waals surface area contributed by atoms with E-state index in [9.17, 15) is 4.79 Å². The van der Waals surface area contributed by atoms with E-state index in [0.29, 0.717) is 13.1 Å². The van der Waals surface area contributed by atoms with Crippen LogP contribution in [0.25, 0.3) is 0 Å². The van der Waals surface area contributed by atoms with Crippen LogP contribution in [-0.2, 0) is 6.54 Å². The molecule has 1 aromatic heterocycles. The maximum absolute atomic E-state index is 11.9. The number of rotatable bonds is 4. The third kappa shape index (κ3) is 2.65. The van der Waals surface area contributed by atoms with Crippen LogP contribution in [-0.4, -0.2) is 33.5 Å². The van der Waals surface area contributed by atoms with Crippen LogP contribution in [0, 0.1) is 17.2 Å². The Hall–Kier alpha value is -1.94. The quantitative estimate of drug-likeness (QED) is 0.757. The zero-order valence-electron chi connectivity index (χ0n) is 10.0. The normalized spacial score (nSPS) is 22.7. The molecule has 0 aliphatic heterocycles. The number of carbonyl (C=O) groups is 1. The van der Waals surface area contributed by atoms with Gasteiger partial charge in [0, 0.05) is 12.6 Å². The number of carbonyl (C=O) groups excluding carboxylic acids is 1. The molecule has 1 aliphatic rings. The van der Waals surface area contributed by atoms with E-state index >= 15 is 0 Å². The molecule has 0 saturated heterocycles. The molecule has 2 rings (SSSR count). The molecule has 96 valence electrons. The molecule has 7 heteroatoms. The van der Waals surface area contributed by atoms with Gasteiger partial charge in [-0.05, 0) is 19.3 Å². The van der Waals surface area contributed by atoms with Crippen molar-refractivity contribution in [2.45, 2.75) is 31.8 Å². The highest BCUT2D eigenvalue weighted by Gasteiger charge is 2.29. The van der Waals surface area contributed by atoms with E-state index in [0.717, 1.165) is 19.3 Å². The average Bonchev–Trinajstić information content (AvgIpc) is 2.98. The molecule has 2 atom stereocenters. The molecule has 1 aliphatic carbocycles. The lowest BCUT2D eigenvalue weighted by Crippen LogP contribution is -2.37. The van der Waals surface area contributed by atoms with Gasteiger partial charge in [0.2, 0.25) is 0 Å². The fraction of sp³-hybridized carbons (Fsp3) is 0.636. The van der Waals surface area contributed by atoms with Gasteiger partial charge in [-0.1, -0.05) is 5.21 Å². The van der Waals surface area contributed by atoms with Gasteiger partial charge < -0.3 is 11.1 Å². The summed E-state index contributed by atoms with van der Waals surface area (Å²) in [6.45, 7) is 0.980. The number of nitrogens with zero attached hydrogens (tertiary/aromatic N) is 4. The summed E-state index contributed by atoms with van der Waals surface area (Å²) >= 11 is 0. The van der Waals surface area contributed by atoms with Crippen molar-refractivity contribution < 1.29 is 4.79 Å². The molecule has 1 fully saturated rings. The van der Waals surface area contributed by atoms with Crippen molar-refractivity contribution in [3.05, 3.63) is 11.9 Å². The van der Waals surface area contributed by atoms with Crippen LogP contribution in [0.3, 0.4) is 0 Å². The van der Waals surface area contributed by atoms with Crippen molar-refractivity contribution in [3.8, 4) is 6.07 Å². The van der Waals surface area contributed by atoms with Gasteiger partial charge in [0.05, 0.1) is 24.7 Å². The van der Waals surface area contributed by atoms with Crippen molar-refractivity contribution in [2.24, 2.45) is 11.7 Å². The molecule has 7 nitrogen and oxygen atoms in total. The third-order valence-corrected chi connectivity index (χ3v) is 3.13. The lowest BCUT2D eigenvalue weighted by Gasteiger charge is -2.14.